The second-order valence-corrected chi connectivity index (χ2v) is 6.82. The smallest absolute Gasteiger partial charge is 0.242 e. The topological polar surface area (TPSA) is 44.4 Å². The van der Waals surface area contributed by atoms with Gasteiger partial charge in [-0.25, -0.2) is 0 Å². The summed E-state index contributed by atoms with van der Waals surface area (Å²) in [5.41, 5.74) is 2.15. The van der Waals surface area contributed by atoms with E-state index in [-0.39, 0.29) is 11.9 Å². The number of benzene rings is 1. The molecule has 0 saturated carbocycles. The maximum Gasteiger partial charge on any atom is 0.242 e. The number of hydrogen-bond acceptors (Lipinski definition) is 4. The molecule has 1 unspecified atom stereocenters. The minimum atomic E-state index is -0.0643. The maximum absolute atomic E-state index is 12.2. The van der Waals surface area contributed by atoms with Crippen LogP contribution < -0.4 is 15.5 Å². The van der Waals surface area contributed by atoms with E-state index in [2.05, 4.69) is 27.7 Å². The minimum absolute atomic E-state index is 0.0643. The molecule has 0 aliphatic carbocycles. The van der Waals surface area contributed by atoms with Crippen LogP contribution in [0.3, 0.4) is 0 Å². The Hall–Kier alpha value is -1.20. The third-order valence-corrected chi connectivity index (χ3v) is 5.16. The van der Waals surface area contributed by atoms with Crippen LogP contribution in [-0.2, 0) is 4.79 Å². The van der Waals surface area contributed by atoms with Crippen LogP contribution in [0.25, 0.3) is 0 Å². The SMILES string of the molecule is O=C(Nc1ccc(N2CCCCC2)cc1)C1CSCCN1. The van der Waals surface area contributed by atoms with Gasteiger partial charge in [0.1, 0.15) is 0 Å². The van der Waals surface area contributed by atoms with E-state index in [1.807, 2.05) is 23.9 Å². The molecule has 0 radical (unpaired) electrons. The fraction of sp³-hybridized carbons (Fsp3) is 0.562. The molecule has 2 aliphatic rings. The molecule has 2 saturated heterocycles. The van der Waals surface area contributed by atoms with Crippen molar-refractivity contribution < 1.29 is 4.79 Å². The fourth-order valence-electron chi connectivity index (χ4n) is 2.87. The van der Waals surface area contributed by atoms with Crippen molar-refractivity contribution in [2.75, 3.05) is 41.4 Å². The van der Waals surface area contributed by atoms with Crippen molar-refractivity contribution >= 4 is 29.0 Å². The molecule has 4 nitrogen and oxygen atoms in total. The van der Waals surface area contributed by atoms with Crippen molar-refractivity contribution in [3.05, 3.63) is 24.3 Å². The quantitative estimate of drug-likeness (QED) is 0.899. The molecule has 1 aromatic carbocycles. The highest BCUT2D eigenvalue weighted by molar-refractivity contribution is 7.99. The Bertz CT molecular complexity index is 465. The van der Waals surface area contributed by atoms with Gasteiger partial charge in [-0.3, -0.25) is 4.79 Å². The molecule has 3 rings (SSSR count). The number of nitrogens with zero attached hydrogens (tertiary/aromatic N) is 1. The number of carbonyl (C=O) groups is 1. The van der Waals surface area contributed by atoms with E-state index in [1.54, 1.807) is 0 Å². The summed E-state index contributed by atoms with van der Waals surface area (Å²) in [4.78, 5) is 14.6. The Balaban J connectivity index is 1.57. The van der Waals surface area contributed by atoms with E-state index in [4.69, 9.17) is 0 Å². The molecule has 2 N–H and O–H groups in total. The van der Waals surface area contributed by atoms with Gasteiger partial charge in [0.05, 0.1) is 6.04 Å². The second-order valence-electron chi connectivity index (χ2n) is 5.67. The van der Waals surface area contributed by atoms with E-state index >= 15 is 0 Å². The molecule has 2 fully saturated rings. The lowest BCUT2D eigenvalue weighted by molar-refractivity contribution is -0.117. The summed E-state index contributed by atoms with van der Waals surface area (Å²) in [5, 5.41) is 6.27. The summed E-state index contributed by atoms with van der Waals surface area (Å²) in [6.07, 6.45) is 3.91. The zero-order valence-corrected chi connectivity index (χ0v) is 13.1. The van der Waals surface area contributed by atoms with Crippen LogP contribution in [-0.4, -0.2) is 43.1 Å². The summed E-state index contributed by atoms with van der Waals surface area (Å²) in [5.74, 6) is 2.03. The monoisotopic (exact) mass is 305 g/mol. The third kappa shape index (κ3) is 3.92. The highest BCUT2D eigenvalue weighted by Crippen LogP contribution is 2.22. The largest absolute Gasteiger partial charge is 0.372 e. The predicted molar refractivity (Wildman–Crippen MR) is 90.3 cm³/mol. The first kappa shape index (κ1) is 14.7. The van der Waals surface area contributed by atoms with Gasteiger partial charge < -0.3 is 15.5 Å². The first-order valence-corrected chi connectivity index (χ1v) is 8.95. The van der Waals surface area contributed by atoms with Crippen molar-refractivity contribution in [1.29, 1.82) is 0 Å². The van der Waals surface area contributed by atoms with Crippen LogP contribution >= 0.6 is 11.8 Å². The molecule has 1 amide bonds. The number of thioether (sulfide) groups is 1. The van der Waals surface area contributed by atoms with Gasteiger partial charge in [0, 0.05) is 42.5 Å². The normalized spacial score (nSPS) is 22.9. The summed E-state index contributed by atoms with van der Waals surface area (Å²) in [6, 6.07) is 8.19. The van der Waals surface area contributed by atoms with E-state index in [0.717, 1.165) is 36.8 Å². The van der Waals surface area contributed by atoms with Crippen molar-refractivity contribution in [1.82, 2.24) is 5.32 Å². The number of anilines is 2. The molecule has 2 heterocycles. The lowest BCUT2D eigenvalue weighted by atomic mass is 10.1. The Kier molecular flexibility index (Phi) is 5.04. The van der Waals surface area contributed by atoms with Gasteiger partial charge in [-0.15, -0.1) is 0 Å². The van der Waals surface area contributed by atoms with Gasteiger partial charge >= 0.3 is 0 Å². The summed E-state index contributed by atoms with van der Waals surface area (Å²) in [7, 11) is 0. The number of piperidine rings is 1. The van der Waals surface area contributed by atoms with E-state index in [1.165, 1.54) is 24.9 Å². The number of carbonyl (C=O) groups excluding carboxylic acids is 1. The van der Waals surface area contributed by atoms with E-state index in [0.29, 0.717) is 0 Å². The summed E-state index contributed by atoms with van der Waals surface area (Å²) < 4.78 is 0. The van der Waals surface area contributed by atoms with E-state index < -0.39 is 0 Å². The lowest BCUT2D eigenvalue weighted by Crippen LogP contribution is -2.46. The number of hydrogen-bond donors (Lipinski definition) is 2. The van der Waals surface area contributed by atoms with Gasteiger partial charge in [0.15, 0.2) is 0 Å². The summed E-state index contributed by atoms with van der Waals surface area (Å²) >= 11 is 1.83. The maximum atomic E-state index is 12.2. The zero-order valence-electron chi connectivity index (χ0n) is 12.3. The van der Waals surface area contributed by atoms with Crippen molar-refractivity contribution in [2.45, 2.75) is 25.3 Å². The number of nitrogens with one attached hydrogen (secondary N) is 2. The molecule has 114 valence electrons. The zero-order chi connectivity index (χ0) is 14.5. The van der Waals surface area contributed by atoms with Crippen LogP contribution in [0.15, 0.2) is 24.3 Å². The molecule has 5 heteroatoms. The average molecular weight is 305 g/mol. The second kappa shape index (κ2) is 7.18. The van der Waals surface area contributed by atoms with Crippen LogP contribution in [0.2, 0.25) is 0 Å². The Morgan fingerprint density at radius 1 is 1.19 bits per heavy atom. The van der Waals surface area contributed by atoms with Gasteiger partial charge in [0.25, 0.3) is 0 Å². The van der Waals surface area contributed by atoms with E-state index in [9.17, 15) is 4.79 Å². The third-order valence-electron chi connectivity index (χ3n) is 4.09. The van der Waals surface area contributed by atoms with Crippen molar-refractivity contribution in [3.8, 4) is 0 Å². The van der Waals surface area contributed by atoms with Gasteiger partial charge in [-0.2, -0.15) is 11.8 Å². The molecular weight excluding hydrogens is 282 g/mol. The Labute approximate surface area is 130 Å². The van der Waals surface area contributed by atoms with Crippen LogP contribution in [0.4, 0.5) is 11.4 Å². The fourth-order valence-corrected chi connectivity index (χ4v) is 3.80. The van der Waals surface area contributed by atoms with Crippen molar-refractivity contribution in [3.63, 3.8) is 0 Å². The number of amides is 1. The van der Waals surface area contributed by atoms with Gasteiger partial charge in [-0.1, -0.05) is 0 Å². The Morgan fingerprint density at radius 2 is 1.95 bits per heavy atom. The molecule has 0 aromatic heterocycles. The Morgan fingerprint density at radius 3 is 2.62 bits per heavy atom. The predicted octanol–water partition coefficient (Wildman–Crippen LogP) is 2.32. The highest BCUT2D eigenvalue weighted by Gasteiger charge is 2.20. The highest BCUT2D eigenvalue weighted by atomic mass is 32.2. The first-order chi connectivity index (χ1) is 10.3. The van der Waals surface area contributed by atoms with Gasteiger partial charge in [-0.05, 0) is 43.5 Å². The standard InChI is InChI=1S/C16H23N3OS/c20-16(15-12-21-11-8-17-15)18-13-4-6-14(7-5-13)19-9-2-1-3-10-19/h4-7,15,17H,1-3,8-12H2,(H,18,20). The minimum Gasteiger partial charge on any atom is -0.372 e. The lowest BCUT2D eigenvalue weighted by Gasteiger charge is -2.29. The molecule has 0 bridgehead atoms. The average Bonchev–Trinajstić information content (AvgIpc) is 2.57. The first-order valence-electron chi connectivity index (χ1n) is 7.80. The molecule has 2 aliphatic heterocycles. The van der Waals surface area contributed by atoms with Crippen molar-refractivity contribution in [2.24, 2.45) is 0 Å². The van der Waals surface area contributed by atoms with Crippen LogP contribution in [0.1, 0.15) is 19.3 Å². The van der Waals surface area contributed by atoms with Crippen LogP contribution in [0, 0.1) is 0 Å². The molecule has 21 heavy (non-hydrogen) atoms. The molecule has 1 atom stereocenters. The number of rotatable bonds is 3. The van der Waals surface area contributed by atoms with Crippen LogP contribution in [0.5, 0.6) is 0 Å². The molecule has 1 aromatic rings. The van der Waals surface area contributed by atoms with Gasteiger partial charge in [0.2, 0.25) is 5.91 Å². The summed E-state index contributed by atoms with van der Waals surface area (Å²) in [6.45, 7) is 3.21. The molecule has 0 spiro atoms. The molecular formula is C16H23N3OS.